The largest absolute Gasteiger partial charge is 0.417 e. The standard InChI is InChI=1S/C6H19O4Si3.Y/c1-7-11(3)9-12(4)10-13(5,6)8-2;/h11H,1-6H3;. The van der Waals surface area contributed by atoms with Gasteiger partial charge in [0, 0.05) is 46.9 Å². The van der Waals surface area contributed by atoms with E-state index in [0.717, 1.165) is 0 Å². The average Bonchev–Trinajstić information content (AvgIpc) is 2.03. The normalized spacial score (nSPS) is 13.9. The minimum atomic E-state index is -1.93. The van der Waals surface area contributed by atoms with E-state index in [-0.39, 0.29) is 32.7 Å². The molecule has 1 atom stereocenters. The monoisotopic (exact) mass is 328 g/mol. The molecule has 14 heavy (non-hydrogen) atoms. The Morgan fingerprint density at radius 2 is 1.71 bits per heavy atom. The number of hydrogen-bond donors (Lipinski definition) is 0. The van der Waals surface area contributed by atoms with Crippen molar-refractivity contribution >= 4 is 27.1 Å². The number of rotatable bonds is 6. The van der Waals surface area contributed by atoms with Gasteiger partial charge in [0.25, 0.3) is 0 Å². The first-order valence-electron chi connectivity index (χ1n) is 4.18. The van der Waals surface area contributed by atoms with Crippen LogP contribution in [-0.4, -0.2) is 41.3 Å². The zero-order chi connectivity index (χ0) is 10.5. The van der Waals surface area contributed by atoms with E-state index in [9.17, 15) is 0 Å². The molecule has 4 nitrogen and oxygen atoms in total. The molecule has 1 unspecified atom stereocenters. The first-order chi connectivity index (χ1) is 5.91. The topological polar surface area (TPSA) is 36.9 Å². The van der Waals surface area contributed by atoms with Gasteiger partial charge in [-0.05, 0) is 26.2 Å². The second-order valence-electron chi connectivity index (χ2n) is 3.12. The van der Waals surface area contributed by atoms with Crippen molar-refractivity contribution in [3.8, 4) is 0 Å². The molecular formula is C6H19O4Si3Y. The molecule has 82 valence electrons. The van der Waals surface area contributed by atoms with E-state index in [1.807, 2.05) is 26.2 Å². The molecule has 0 aromatic heterocycles. The summed E-state index contributed by atoms with van der Waals surface area (Å²) in [4.78, 5) is 0. The van der Waals surface area contributed by atoms with Crippen LogP contribution in [0.25, 0.3) is 0 Å². The van der Waals surface area contributed by atoms with Crippen molar-refractivity contribution in [1.82, 2.24) is 0 Å². The van der Waals surface area contributed by atoms with Crippen molar-refractivity contribution in [2.24, 2.45) is 0 Å². The second kappa shape index (κ2) is 8.71. The van der Waals surface area contributed by atoms with Crippen LogP contribution in [0, 0.1) is 0 Å². The molecule has 0 saturated heterocycles. The summed E-state index contributed by atoms with van der Waals surface area (Å²) in [5.74, 6) is 0. The van der Waals surface area contributed by atoms with Crippen LogP contribution >= 0.6 is 0 Å². The van der Waals surface area contributed by atoms with Crippen LogP contribution in [0.1, 0.15) is 0 Å². The van der Waals surface area contributed by atoms with Crippen molar-refractivity contribution in [2.45, 2.75) is 26.2 Å². The average molecular weight is 328 g/mol. The fourth-order valence-corrected chi connectivity index (χ4v) is 6.68. The van der Waals surface area contributed by atoms with Crippen molar-refractivity contribution in [3.63, 3.8) is 0 Å². The van der Waals surface area contributed by atoms with Gasteiger partial charge in [0.15, 0.2) is 0 Å². The van der Waals surface area contributed by atoms with Crippen LogP contribution in [-0.2, 0) is 49.8 Å². The van der Waals surface area contributed by atoms with E-state index in [2.05, 4.69) is 0 Å². The van der Waals surface area contributed by atoms with Gasteiger partial charge in [-0.3, -0.25) is 0 Å². The summed E-state index contributed by atoms with van der Waals surface area (Å²) in [5.41, 5.74) is 0. The summed E-state index contributed by atoms with van der Waals surface area (Å²) >= 11 is 0. The summed E-state index contributed by atoms with van der Waals surface area (Å²) in [6.45, 7) is 7.97. The fourth-order valence-electron chi connectivity index (χ4n) is 0.694. The third-order valence-electron chi connectivity index (χ3n) is 1.54. The van der Waals surface area contributed by atoms with Crippen LogP contribution in [0.2, 0.25) is 26.2 Å². The van der Waals surface area contributed by atoms with Gasteiger partial charge in [-0.15, -0.1) is 0 Å². The van der Waals surface area contributed by atoms with Crippen LogP contribution in [0.3, 0.4) is 0 Å². The smallest absolute Gasteiger partial charge is 0.362 e. The Kier molecular flexibility index (Phi) is 11.2. The summed E-state index contributed by atoms with van der Waals surface area (Å²) in [6.07, 6.45) is 0. The maximum atomic E-state index is 5.71. The summed E-state index contributed by atoms with van der Waals surface area (Å²) < 4.78 is 21.7. The number of hydrogen-bond acceptors (Lipinski definition) is 4. The molecule has 0 rings (SSSR count). The Morgan fingerprint density at radius 3 is 2.07 bits per heavy atom. The first kappa shape index (κ1) is 18.0. The Morgan fingerprint density at radius 1 is 1.21 bits per heavy atom. The summed E-state index contributed by atoms with van der Waals surface area (Å²) in [7, 11) is -1.23. The van der Waals surface area contributed by atoms with E-state index in [1.165, 1.54) is 0 Å². The quantitative estimate of drug-likeness (QED) is 0.681. The Labute approximate surface area is 116 Å². The maximum absolute atomic E-state index is 5.71. The predicted molar refractivity (Wildman–Crippen MR) is 58.3 cm³/mol. The molecule has 0 aliphatic rings. The van der Waals surface area contributed by atoms with Gasteiger partial charge in [0.1, 0.15) is 0 Å². The molecule has 0 aliphatic heterocycles. The van der Waals surface area contributed by atoms with Gasteiger partial charge < -0.3 is 17.1 Å². The molecule has 2 radical (unpaired) electrons. The van der Waals surface area contributed by atoms with Crippen LogP contribution in [0.4, 0.5) is 0 Å². The third-order valence-corrected chi connectivity index (χ3v) is 8.96. The molecule has 0 fully saturated rings. The molecule has 0 aromatic rings. The van der Waals surface area contributed by atoms with E-state index in [0.29, 0.717) is 0 Å². The minimum absolute atomic E-state index is 0. The van der Waals surface area contributed by atoms with Crippen molar-refractivity contribution in [1.29, 1.82) is 0 Å². The zero-order valence-electron chi connectivity index (χ0n) is 9.79. The third kappa shape index (κ3) is 8.87. The van der Waals surface area contributed by atoms with Crippen molar-refractivity contribution < 1.29 is 49.8 Å². The van der Waals surface area contributed by atoms with Crippen molar-refractivity contribution in [3.05, 3.63) is 0 Å². The van der Waals surface area contributed by atoms with E-state index in [1.54, 1.807) is 14.2 Å². The fraction of sp³-hybridized carbons (Fsp3) is 1.00. The van der Waals surface area contributed by atoms with Gasteiger partial charge in [0.2, 0.25) is 0 Å². The van der Waals surface area contributed by atoms with Gasteiger partial charge in [0.05, 0.1) is 0 Å². The minimum Gasteiger partial charge on any atom is -0.417 e. The molecule has 0 amide bonds. The zero-order valence-corrected chi connectivity index (χ0v) is 15.8. The molecule has 0 spiro atoms. The van der Waals surface area contributed by atoms with Gasteiger partial charge >= 0.3 is 27.1 Å². The van der Waals surface area contributed by atoms with Gasteiger partial charge in [-0.2, -0.15) is 0 Å². The molecule has 0 aliphatic carbocycles. The van der Waals surface area contributed by atoms with Gasteiger partial charge in [-0.1, -0.05) is 0 Å². The Hall–Kier alpha value is 1.59. The van der Waals surface area contributed by atoms with Crippen LogP contribution in [0.5, 0.6) is 0 Å². The SMILES string of the molecule is CO[SiH](C)O[Si](C)O[Si](C)(C)OC.[Y]. The van der Waals surface area contributed by atoms with Crippen LogP contribution < -0.4 is 0 Å². The Bertz CT molecular complexity index is 149. The summed E-state index contributed by atoms with van der Waals surface area (Å²) in [5, 5.41) is 0. The Balaban J connectivity index is 0. The van der Waals surface area contributed by atoms with E-state index in [4.69, 9.17) is 17.1 Å². The van der Waals surface area contributed by atoms with E-state index < -0.39 is 27.1 Å². The van der Waals surface area contributed by atoms with Crippen LogP contribution in [0.15, 0.2) is 0 Å². The van der Waals surface area contributed by atoms with Gasteiger partial charge in [-0.25, -0.2) is 0 Å². The predicted octanol–water partition coefficient (Wildman–Crippen LogP) is 0.980. The molecule has 0 saturated carbocycles. The van der Waals surface area contributed by atoms with Crippen molar-refractivity contribution in [2.75, 3.05) is 14.2 Å². The molecular weight excluding hydrogens is 309 g/mol. The molecule has 8 heteroatoms. The molecule has 0 heterocycles. The maximum Gasteiger partial charge on any atom is 0.362 e. The summed E-state index contributed by atoms with van der Waals surface area (Å²) in [6, 6.07) is 0. The molecule has 0 aromatic carbocycles. The first-order valence-corrected chi connectivity index (χ1v) is 10.9. The second-order valence-corrected chi connectivity index (χ2v) is 10.7. The van der Waals surface area contributed by atoms with E-state index >= 15 is 0 Å². The molecule has 0 N–H and O–H groups in total. The molecule has 0 bridgehead atoms.